The summed E-state index contributed by atoms with van der Waals surface area (Å²) in [6.07, 6.45) is 2.04. The number of carbonyl (C=O) groups excluding carboxylic acids is 1. The second-order valence-corrected chi connectivity index (χ2v) is 4.43. The average Bonchev–Trinajstić information content (AvgIpc) is 2.98. The number of nitriles is 1. The third-order valence-corrected chi connectivity index (χ3v) is 3.19. The molecule has 0 saturated carbocycles. The Bertz CT molecular complexity index is 530. The summed E-state index contributed by atoms with van der Waals surface area (Å²) in [6, 6.07) is 9.09. The number of nitrogens with one attached hydrogen (secondary N) is 1. The summed E-state index contributed by atoms with van der Waals surface area (Å²) in [6.45, 7) is 0.886. The van der Waals surface area contributed by atoms with Crippen LogP contribution in [0.1, 0.15) is 29.6 Å². The molecule has 4 heteroatoms. The molecular formula is C15H16N2O2. The standard InChI is InChI=1S/C15H16N2O2/c1-19-13-6-4-11(5-7-13)15(18)9-12(10-16)14-3-2-8-17-14/h4-7,17H,2-3,8-9H2,1H3. The van der Waals surface area contributed by atoms with E-state index < -0.39 is 0 Å². The van der Waals surface area contributed by atoms with Crippen LogP contribution in [-0.2, 0) is 0 Å². The van der Waals surface area contributed by atoms with Crippen LogP contribution in [0.5, 0.6) is 5.75 Å². The van der Waals surface area contributed by atoms with Crippen molar-refractivity contribution >= 4 is 5.78 Å². The molecule has 4 nitrogen and oxygen atoms in total. The molecule has 98 valence electrons. The molecule has 0 aliphatic carbocycles. The molecule has 0 radical (unpaired) electrons. The van der Waals surface area contributed by atoms with Gasteiger partial charge in [-0.3, -0.25) is 4.79 Å². The summed E-state index contributed by atoms with van der Waals surface area (Å²) in [5.74, 6) is 0.674. The van der Waals surface area contributed by atoms with E-state index in [0.29, 0.717) is 16.9 Å². The number of ether oxygens (including phenoxy) is 1. The van der Waals surface area contributed by atoms with Gasteiger partial charge in [0.2, 0.25) is 0 Å². The Labute approximate surface area is 112 Å². The highest BCUT2D eigenvalue weighted by molar-refractivity contribution is 5.98. The van der Waals surface area contributed by atoms with Crippen molar-refractivity contribution < 1.29 is 9.53 Å². The molecule has 2 rings (SSSR count). The lowest BCUT2D eigenvalue weighted by molar-refractivity contribution is 0.0993. The van der Waals surface area contributed by atoms with Crippen molar-refractivity contribution in [1.82, 2.24) is 5.32 Å². The predicted molar refractivity (Wildman–Crippen MR) is 71.8 cm³/mol. The first-order valence-electron chi connectivity index (χ1n) is 6.28. The Morgan fingerprint density at radius 2 is 2.16 bits per heavy atom. The molecule has 1 aromatic rings. The zero-order valence-electron chi connectivity index (χ0n) is 10.9. The first kappa shape index (κ1) is 13.2. The van der Waals surface area contributed by atoms with Crippen molar-refractivity contribution in [1.29, 1.82) is 5.26 Å². The van der Waals surface area contributed by atoms with Gasteiger partial charge in [0.25, 0.3) is 0 Å². The molecule has 0 spiro atoms. The van der Waals surface area contributed by atoms with Crippen LogP contribution in [0.2, 0.25) is 0 Å². The van der Waals surface area contributed by atoms with Gasteiger partial charge in [0, 0.05) is 24.2 Å². The number of nitrogens with zero attached hydrogens (tertiary/aromatic N) is 1. The van der Waals surface area contributed by atoms with Crippen LogP contribution in [0.3, 0.4) is 0 Å². The van der Waals surface area contributed by atoms with E-state index in [1.807, 2.05) is 0 Å². The number of allylic oxidation sites excluding steroid dienone is 2. The van der Waals surface area contributed by atoms with Gasteiger partial charge in [-0.2, -0.15) is 5.26 Å². The minimum Gasteiger partial charge on any atom is -0.497 e. The minimum atomic E-state index is -0.0413. The average molecular weight is 256 g/mol. The van der Waals surface area contributed by atoms with Gasteiger partial charge in [0.1, 0.15) is 5.75 Å². The van der Waals surface area contributed by atoms with Crippen LogP contribution in [0.4, 0.5) is 0 Å². The van der Waals surface area contributed by atoms with E-state index >= 15 is 0 Å². The van der Waals surface area contributed by atoms with Crippen LogP contribution in [-0.4, -0.2) is 19.4 Å². The fourth-order valence-corrected chi connectivity index (χ4v) is 2.10. The van der Waals surface area contributed by atoms with Gasteiger partial charge in [-0.25, -0.2) is 0 Å². The molecule has 1 aliphatic heterocycles. The number of carbonyl (C=O) groups is 1. The fourth-order valence-electron chi connectivity index (χ4n) is 2.10. The largest absolute Gasteiger partial charge is 0.497 e. The maximum Gasteiger partial charge on any atom is 0.168 e. The lowest BCUT2D eigenvalue weighted by Gasteiger charge is -2.05. The molecule has 1 aromatic carbocycles. The lowest BCUT2D eigenvalue weighted by atomic mass is 10.0. The molecule has 1 heterocycles. The van der Waals surface area contributed by atoms with E-state index in [0.717, 1.165) is 25.1 Å². The maximum atomic E-state index is 12.1. The molecule has 0 atom stereocenters. The highest BCUT2D eigenvalue weighted by atomic mass is 16.5. The fraction of sp³-hybridized carbons (Fsp3) is 0.333. The quantitative estimate of drug-likeness (QED) is 0.664. The number of benzene rings is 1. The summed E-state index contributed by atoms with van der Waals surface area (Å²) in [5.41, 5.74) is 2.08. The van der Waals surface area contributed by atoms with Crippen LogP contribution < -0.4 is 10.1 Å². The van der Waals surface area contributed by atoms with Crippen molar-refractivity contribution in [2.45, 2.75) is 19.3 Å². The molecule has 0 unspecified atom stereocenters. The lowest BCUT2D eigenvalue weighted by Crippen LogP contribution is -2.09. The van der Waals surface area contributed by atoms with E-state index in [1.54, 1.807) is 31.4 Å². The first-order valence-corrected chi connectivity index (χ1v) is 6.28. The summed E-state index contributed by atoms with van der Waals surface area (Å²) in [4.78, 5) is 12.1. The van der Waals surface area contributed by atoms with Crippen LogP contribution >= 0.6 is 0 Å². The van der Waals surface area contributed by atoms with E-state index in [2.05, 4.69) is 11.4 Å². The Kier molecular flexibility index (Phi) is 4.19. The van der Waals surface area contributed by atoms with Crippen molar-refractivity contribution in [2.24, 2.45) is 0 Å². The van der Waals surface area contributed by atoms with Gasteiger partial charge < -0.3 is 10.1 Å². The molecule has 1 aliphatic rings. The Morgan fingerprint density at radius 1 is 1.42 bits per heavy atom. The summed E-state index contributed by atoms with van der Waals surface area (Å²) in [5, 5.41) is 12.3. The number of hydrogen-bond acceptors (Lipinski definition) is 4. The first-order chi connectivity index (χ1) is 9.24. The molecule has 0 amide bonds. The van der Waals surface area contributed by atoms with Gasteiger partial charge in [-0.1, -0.05) is 0 Å². The number of ketones is 1. The highest BCUT2D eigenvalue weighted by Gasteiger charge is 2.15. The van der Waals surface area contributed by atoms with Gasteiger partial charge in [0.05, 0.1) is 18.8 Å². The van der Waals surface area contributed by atoms with Crippen molar-refractivity contribution in [3.05, 3.63) is 41.1 Å². The third kappa shape index (κ3) is 3.14. The molecule has 0 bridgehead atoms. The van der Waals surface area contributed by atoms with Crippen molar-refractivity contribution in [3.8, 4) is 11.8 Å². The Balaban J connectivity index is 2.11. The third-order valence-electron chi connectivity index (χ3n) is 3.19. The number of hydrogen-bond donors (Lipinski definition) is 1. The topological polar surface area (TPSA) is 62.1 Å². The molecule has 1 fully saturated rings. The predicted octanol–water partition coefficient (Wildman–Crippen LogP) is 2.43. The summed E-state index contributed by atoms with van der Waals surface area (Å²) < 4.78 is 5.05. The van der Waals surface area contributed by atoms with Crippen LogP contribution in [0.25, 0.3) is 0 Å². The highest BCUT2D eigenvalue weighted by Crippen LogP contribution is 2.19. The molecule has 1 saturated heterocycles. The number of rotatable bonds is 4. The van der Waals surface area contributed by atoms with Crippen molar-refractivity contribution in [2.75, 3.05) is 13.7 Å². The second kappa shape index (κ2) is 6.05. The van der Waals surface area contributed by atoms with E-state index in [4.69, 9.17) is 10.00 Å². The monoisotopic (exact) mass is 256 g/mol. The van der Waals surface area contributed by atoms with Crippen molar-refractivity contribution in [3.63, 3.8) is 0 Å². The minimum absolute atomic E-state index is 0.0413. The van der Waals surface area contributed by atoms with Crippen LogP contribution in [0, 0.1) is 11.3 Å². The number of Topliss-reactive ketones (excluding diaryl/α,β-unsaturated/α-hetero) is 1. The zero-order valence-corrected chi connectivity index (χ0v) is 10.9. The molecule has 0 aromatic heterocycles. The normalized spacial score (nSPS) is 16.4. The maximum absolute atomic E-state index is 12.1. The smallest absolute Gasteiger partial charge is 0.168 e. The molecular weight excluding hydrogens is 240 g/mol. The van der Waals surface area contributed by atoms with Gasteiger partial charge in [0.15, 0.2) is 5.78 Å². The summed E-state index contributed by atoms with van der Waals surface area (Å²) in [7, 11) is 1.58. The number of methoxy groups -OCH3 is 1. The van der Waals surface area contributed by atoms with Gasteiger partial charge in [-0.15, -0.1) is 0 Å². The van der Waals surface area contributed by atoms with E-state index in [9.17, 15) is 4.79 Å². The van der Waals surface area contributed by atoms with E-state index in [-0.39, 0.29) is 12.2 Å². The molecule has 19 heavy (non-hydrogen) atoms. The molecule has 1 N–H and O–H groups in total. The Hall–Kier alpha value is -2.28. The van der Waals surface area contributed by atoms with E-state index in [1.165, 1.54) is 0 Å². The van der Waals surface area contributed by atoms with Gasteiger partial charge >= 0.3 is 0 Å². The van der Waals surface area contributed by atoms with Crippen LogP contribution in [0.15, 0.2) is 35.5 Å². The zero-order chi connectivity index (χ0) is 13.7. The summed E-state index contributed by atoms with van der Waals surface area (Å²) >= 11 is 0. The SMILES string of the molecule is COc1ccc(C(=O)CC(C#N)=C2CCCN2)cc1. The second-order valence-electron chi connectivity index (χ2n) is 4.43. The van der Waals surface area contributed by atoms with Gasteiger partial charge in [-0.05, 0) is 37.1 Å². The Morgan fingerprint density at radius 3 is 2.68 bits per heavy atom.